The number of hydrogen-bond donors (Lipinski definition) is 1. The Bertz CT molecular complexity index is 923. The first kappa shape index (κ1) is 21.1. The lowest BCUT2D eigenvalue weighted by Crippen LogP contribution is -2.38. The zero-order valence-corrected chi connectivity index (χ0v) is 16.3. The predicted molar refractivity (Wildman–Crippen MR) is 108 cm³/mol. The van der Waals surface area contributed by atoms with Gasteiger partial charge in [0, 0.05) is 25.2 Å². The molecule has 0 atom stereocenters. The Kier molecular flexibility index (Phi) is 7.28. The molecule has 0 unspecified atom stereocenters. The maximum absolute atomic E-state index is 12.9. The molecule has 2 aromatic rings. The van der Waals surface area contributed by atoms with Crippen LogP contribution in [0.4, 0.5) is 5.69 Å². The molecule has 8 heteroatoms. The maximum atomic E-state index is 12.9. The molecule has 7 nitrogen and oxygen atoms in total. The fraction of sp³-hybridized carbons (Fsp3) is 0.200. The van der Waals surface area contributed by atoms with Crippen LogP contribution in [0.2, 0.25) is 5.02 Å². The van der Waals surface area contributed by atoms with Gasteiger partial charge in [-0.15, -0.1) is 0 Å². The highest BCUT2D eigenvalue weighted by Gasteiger charge is 2.20. The number of amides is 2. The van der Waals surface area contributed by atoms with Crippen LogP contribution in [-0.2, 0) is 4.79 Å². The number of halogens is 1. The molecule has 2 rings (SSSR count). The monoisotopic (exact) mass is 401 g/mol. The number of benzene rings is 2. The lowest BCUT2D eigenvalue weighted by atomic mass is 10.1. The van der Waals surface area contributed by atoms with E-state index in [1.165, 1.54) is 29.2 Å². The average molecular weight is 402 g/mol. The summed E-state index contributed by atoms with van der Waals surface area (Å²) in [5.41, 5.74) is 0.542. The van der Waals surface area contributed by atoms with E-state index >= 15 is 0 Å². The highest BCUT2D eigenvalue weighted by molar-refractivity contribution is 6.34. The van der Waals surface area contributed by atoms with Crippen molar-refractivity contribution in [2.24, 2.45) is 0 Å². The van der Waals surface area contributed by atoms with Gasteiger partial charge in [0.1, 0.15) is 5.70 Å². The van der Waals surface area contributed by atoms with Crippen molar-refractivity contribution >= 4 is 35.2 Å². The lowest BCUT2D eigenvalue weighted by Gasteiger charge is -2.21. The quantitative estimate of drug-likeness (QED) is 0.432. The number of carbonyl (C=O) groups excluding carboxylic acids is 2. The topological polar surface area (TPSA) is 92.6 Å². The summed E-state index contributed by atoms with van der Waals surface area (Å²) < 4.78 is 0. The van der Waals surface area contributed by atoms with Crippen LogP contribution < -0.4 is 5.32 Å². The Labute approximate surface area is 167 Å². The smallest absolute Gasteiger partial charge is 0.270 e. The first-order valence-corrected chi connectivity index (χ1v) is 9.06. The molecule has 0 aliphatic carbocycles. The van der Waals surface area contributed by atoms with E-state index in [9.17, 15) is 19.7 Å². The van der Waals surface area contributed by atoms with Gasteiger partial charge in [0.25, 0.3) is 17.5 Å². The Morgan fingerprint density at radius 3 is 2.43 bits per heavy atom. The molecule has 1 N–H and O–H groups in total. The van der Waals surface area contributed by atoms with Crippen LogP contribution in [0.15, 0.2) is 54.2 Å². The second kappa shape index (κ2) is 9.66. The van der Waals surface area contributed by atoms with Gasteiger partial charge < -0.3 is 10.2 Å². The minimum Gasteiger partial charge on any atom is -0.338 e. The van der Waals surface area contributed by atoms with Gasteiger partial charge in [0.15, 0.2) is 0 Å². The fourth-order valence-corrected chi connectivity index (χ4v) is 2.78. The first-order chi connectivity index (χ1) is 13.4. The summed E-state index contributed by atoms with van der Waals surface area (Å²) in [7, 11) is 0. The zero-order chi connectivity index (χ0) is 20.7. The summed E-state index contributed by atoms with van der Waals surface area (Å²) in [6, 6.07) is 12.3. The Morgan fingerprint density at radius 2 is 1.82 bits per heavy atom. The molecule has 0 aliphatic heterocycles. The molecule has 0 heterocycles. The molecule has 0 bridgehead atoms. The van der Waals surface area contributed by atoms with Gasteiger partial charge in [-0.1, -0.05) is 35.9 Å². The normalized spacial score (nSPS) is 11.0. The van der Waals surface area contributed by atoms with Crippen molar-refractivity contribution in [3.63, 3.8) is 0 Å². The maximum Gasteiger partial charge on any atom is 0.270 e. The van der Waals surface area contributed by atoms with Crippen LogP contribution in [0.25, 0.3) is 6.08 Å². The summed E-state index contributed by atoms with van der Waals surface area (Å²) in [5, 5.41) is 13.9. The van der Waals surface area contributed by atoms with E-state index in [4.69, 9.17) is 11.6 Å². The van der Waals surface area contributed by atoms with Crippen molar-refractivity contribution in [2.45, 2.75) is 13.8 Å². The second-order valence-electron chi connectivity index (χ2n) is 5.82. The van der Waals surface area contributed by atoms with E-state index in [2.05, 4.69) is 5.32 Å². The minimum absolute atomic E-state index is 0.00844. The van der Waals surface area contributed by atoms with Crippen molar-refractivity contribution < 1.29 is 14.5 Å². The number of nitrogens with zero attached hydrogens (tertiary/aromatic N) is 2. The summed E-state index contributed by atoms with van der Waals surface area (Å²) in [6.45, 7) is 4.54. The van der Waals surface area contributed by atoms with Crippen molar-refractivity contribution in [1.29, 1.82) is 0 Å². The fourth-order valence-electron chi connectivity index (χ4n) is 2.56. The van der Waals surface area contributed by atoms with Gasteiger partial charge >= 0.3 is 0 Å². The Balaban J connectivity index is 2.43. The highest BCUT2D eigenvalue weighted by Crippen LogP contribution is 2.18. The van der Waals surface area contributed by atoms with Crippen LogP contribution in [0, 0.1) is 10.1 Å². The van der Waals surface area contributed by atoms with Gasteiger partial charge in [-0.05, 0) is 37.6 Å². The van der Waals surface area contributed by atoms with E-state index in [0.717, 1.165) is 0 Å². The number of nitro benzene ring substituents is 1. The number of nitrogens with one attached hydrogen (secondary N) is 1. The molecule has 2 amide bonds. The number of rotatable bonds is 7. The number of likely N-dealkylation sites (N-methyl/N-ethyl adjacent to an activating group) is 1. The van der Waals surface area contributed by atoms with Gasteiger partial charge in [0.2, 0.25) is 0 Å². The van der Waals surface area contributed by atoms with Crippen molar-refractivity contribution in [2.75, 3.05) is 13.1 Å². The van der Waals surface area contributed by atoms with E-state index in [1.807, 2.05) is 13.8 Å². The predicted octanol–water partition coefficient (Wildman–Crippen LogP) is 3.89. The average Bonchev–Trinajstić information content (AvgIpc) is 2.68. The summed E-state index contributed by atoms with van der Waals surface area (Å²) in [4.78, 5) is 37.5. The largest absolute Gasteiger partial charge is 0.338 e. The molecule has 0 aromatic heterocycles. The van der Waals surface area contributed by atoms with Crippen molar-refractivity contribution in [1.82, 2.24) is 10.2 Å². The van der Waals surface area contributed by atoms with E-state index in [-0.39, 0.29) is 22.0 Å². The second-order valence-corrected chi connectivity index (χ2v) is 6.23. The molecular formula is C20H20ClN3O4. The van der Waals surface area contributed by atoms with E-state index in [1.54, 1.807) is 30.3 Å². The van der Waals surface area contributed by atoms with E-state index in [0.29, 0.717) is 18.7 Å². The highest BCUT2D eigenvalue weighted by atomic mass is 35.5. The van der Waals surface area contributed by atoms with Crippen LogP contribution in [-0.4, -0.2) is 34.7 Å². The van der Waals surface area contributed by atoms with Gasteiger partial charge in [-0.3, -0.25) is 19.7 Å². The third-order valence-corrected chi connectivity index (χ3v) is 4.37. The third kappa shape index (κ3) is 5.17. The van der Waals surface area contributed by atoms with Gasteiger partial charge in [0.05, 0.1) is 15.5 Å². The number of non-ortho nitro benzene ring substituents is 1. The molecule has 0 saturated heterocycles. The minimum atomic E-state index is -0.539. The summed E-state index contributed by atoms with van der Waals surface area (Å²) >= 11 is 6.06. The van der Waals surface area contributed by atoms with Crippen LogP contribution in [0.5, 0.6) is 0 Å². The number of nitro groups is 1. The van der Waals surface area contributed by atoms with Gasteiger partial charge in [-0.25, -0.2) is 0 Å². The van der Waals surface area contributed by atoms with Crippen LogP contribution in [0.1, 0.15) is 29.8 Å². The molecule has 146 valence electrons. The Hall–Kier alpha value is -3.19. The SMILES string of the molecule is CCN(CC)C(=O)/C(=C/c1cccc([N+](=O)[O-])c1)NC(=O)c1ccccc1Cl. The molecule has 0 saturated carbocycles. The molecule has 0 radical (unpaired) electrons. The van der Waals surface area contributed by atoms with Crippen LogP contribution >= 0.6 is 11.6 Å². The molecule has 28 heavy (non-hydrogen) atoms. The van der Waals surface area contributed by atoms with E-state index < -0.39 is 16.7 Å². The zero-order valence-electron chi connectivity index (χ0n) is 15.5. The summed E-state index contributed by atoms with van der Waals surface area (Å²) in [6.07, 6.45) is 1.42. The van der Waals surface area contributed by atoms with Crippen molar-refractivity contribution in [3.8, 4) is 0 Å². The molecule has 0 fully saturated rings. The van der Waals surface area contributed by atoms with Crippen molar-refractivity contribution in [3.05, 3.63) is 80.5 Å². The number of carbonyl (C=O) groups is 2. The molecule has 0 aliphatic rings. The summed E-state index contributed by atoms with van der Waals surface area (Å²) in [5.74, 6) is -0.931. The Morgan fingerprint density at radius 1 is 1.14 bits per heavy atom. The molecular weight excluding hydrogens is 382 g/mol. The standard InChI is InChI=1S/C20H20ClN3O4/c1-3-23(4-2)20(26)18(13-14-8-7-9-15(12-14)24(27)28)22-19(25)16-10-5-6-11-17(16)21/h5-13H,3-4H2,1-2H3,(H,22,25)/b18-13-. The van der Waals surface area contributed by atoms with Crippen LogP contribution in [0.3, 0.4) is 0 Å². The first-order valence-electron chi connectivity index (χ1n) is 8.68. The van der Waals surface area contributed by atoms with Gasteiger partial charge in [-0.2, -0.15) is 0 Å². The third-order valence-electron chi connectivity index (χ3n) is 4.04. The molecule has 2 aromatic carbocycles. The number of hydrogen-bond acceptors (Lipinski definition) is 4. The molecule has 0 spiro atoms. The lowest BCUT2D eigenvalue weighted by molar-refractivity contribution is -0.384.